The molecule has 2 heterocycles. The molecule has 27 heavy (non-hydrogen) atoms. The summed E-state index contributed by atoms with van der Waals surface area (Å²) in [6, 6.07) is 1.18. The molecule has 1 aliphatic rings. The van der Waals surface area contributed by atoms with E-state index in [1.54, 1.807) is 14.0 Å². The smallest absolute Gasteiger partial charge is 0.307 e. The Balaban J connectivity index is 2.06. The average molecular weight is 401 g/mol. The largest absolute Gasteiger partial charge is 0.481 e. The van der Waals surface area contributed by atoms with Crippen molar-refractivity contribution in [1.29, 1.82) is 0 Å². The Morgan fingerprint density at radius 2 is 2.22 bits per heavy atom. The number of carboxylic acid groups (broad SMARTS) is 1. The minimum Gasteiger partial charge on any atom is -0.481 e. The molecule has 0 bridgehead atoms. The number of aliphatic carboxylic acids is 1. The molecular formula is C17H25ClN4O5. The highest BCUT2D eigenvalue weighted by molar-refractivity contribution is 6.33. The van der Waals surface area contributed by atoms with E-state index in [1.165, 1.54) is 13.2 Å². The number of rotatable bonds is 7. The topological polar surface area (TPSA) is 127 Å². The van der Waals surface area contributed by atoms with Crippen molar-refractivity contribution in [3.8, 4) is 5.88 Å². The maximum absolute atomic E-state index is 12.7. The summed E-state index contributed by atoms with van der Waals surface area (Å²) in [6.45, 7) is 3.28. The zero-order chi connectivity index (χ0) is 20.1. The number of pyridine rings is 1. The van der Waals surface area contributed by atoms with E-state index in [9.17, 15) is 9.59 Å². The predicted molar refractivity (Wildman–Crippen MR) is 100 cm³/mol. The van der Waals surface area contributed by atoms with Gasteiger partial charge in [-0.1, -0.05) is 18.5 Å². The highest BCUT2D eigenvalue weighted by Crippen LogP contribution is 2.25. The number of nitrogen functional groups attached to an aromatic ring is 1. The van der Waals surface area contributed by atoms with Gasteiger partial charge in [-0.25, -0.2) is 0 Å². The zero-order valence-corrected chi connectivity index (χ0v) is 16.3. The number of nitrogens with zero attached hydrogens (tertiary/aromatic N) is 2. The van der Waals surface area contributed by atoms with Crippen molar-refractivity contribution in [3.05, 3.63) is 16.7 Å². The molecule has 0 aromatic carbocycles. The summed E-state index contributed by atoms with van der Waals surface area (Å²) in [4.78, 5) is 29.7. The van der Waals surface area contributed by atoms with Gasteiger partial charge in [-0.3, -0.25) is 14.5 Å². The number of piperidine rings is 1. The Labute approximate surface area is 162 Å². The highest BCUT2D eigenvalue weighted by atomic mass is 35.5. The Hall–Kier alpha value is -2.10. The van der Waals surface area contributed by atoms with Gasteiger partial charge in [0.25, 0.3) is 5.91 Å². The fourth-order valence-electron chi connectivity index (χ4n) is 3.07. The van der Waals surface area contributed by atoms with Crippen LogP contribution in [0.2, 0.25) is 5.02 Å². The molecule has 0 unspecified atom stereocenters. The van der Waals surface area contributed by atoms with E-state index >= 15 is 0 Å². The van der Waals surface area contributed by atoms with Crippen LogP contribution in [0.15, 0.2) is 6.07 Å². The molecule has 9 nitrogen and oxygen atoms in total. The number of carbonyl (C=O) groups is 2. The van der Waals surface area contributed by atoms with Crippen LogP contribution < -0.4 is 15.8 Å². The van der Waals surface area contributed by atoms with E-state index in [-0.39, 0.29) is 40.3 Å². The normalized spacial score (nSPS) is 21.5. The van der Waals surface area contributed by atoms with Gasteiger partial charge in [0.1, 0.15) is 11.4 Å². The van der Waals surface area contributed by atoms with E-state index in [2.05, 4.69) is 10.3 Å². The minimum absolute atomic E-state index is 0.0840. The number of halogens is 1. The Morgan fingerprint density at radius 1 is 1.52 bits per heavy atom. The van der Waals surface area contributed by atoms with Gasteiger partial charge in [-0.2, -0.15) is 4.98 Å². The molecule has 0 radical (unpaired) electrons. The third kappa shape index (κ3) is 5.21. The summed E-state index contributed by atoms with van der Waals surface area (Å²) in [5.41, 5.74) is 5.84. The number of nitrogens with one attached hydrogen (secondary N) is 1. The van der Waals surface area contributed by atoms with Crippen LogP contribution in [0.3, 0.4) is 0 Å². The average Bonchev–Trinajstić information content (AvgIpc) is 2.64. The van der Waals surface area contributed by atoms with Crippen molar-refractivity contribution < 1.29 is 24.2 Å². The second kappa shape index (κ2) is 9.20. The lowest BCUT2D eigenvalue weighted by molar-refractivity contribution is -0.142. The summed E-state index contributed by atoms with van der Waals surface area (Å²) in [6.07, 6.45) is 0.349. The third-order valence-electron chi connectivity index (χ3n) is 4.62. The minimum atomic E-state index is -0.834. The highest BCUT2D eigenvalue weighted by Gasteiger charge is 2.32. The van der Waals surface area contributed by atoms with E-state index < -0.39 is 11.9 Å². The molecule has 0 spiro atoms. The quantitative estimate of drug-likeness (QED) is 0.615. The molecule has 2 rings (SSSR count). The summed E-state index contributed by atoms with van der Waals surface area (Å²) < 4.78 is 10.6. The van der Waals surface area contributed by atoms with Gasteiger partial charge in [-0.15, -0.1) is 0 Å². The van der Waals surface area contributed by atoms with E-state index in [4.69, 9.17) is 31.9 Å². The first kappa shape index (κ1) is 21.2. The summed E-state index contributed by atoms with van der Waals surface area (Å²) in [5, 5.41) is 12.2. The fraction of sp³-hybridized carbons (Fsp3) is 0.588. The number of anilines is 1. The van der Waals surface area contributed by atoms with Crippen LogP contribution in [0.1, 0.15) is 23.7 Å². The maximum atomic E-state index is 12.7. The summed E-state index contributed by atoms with van der Waals surface area (Å²) >= 11 is 5.98. The second-order valence-electron chi connectivity index (χ2n) is 6.55. The van der Waals surface area contributed by atoms with Gasteiger partial charge in [0.05, 0.1) is 30.2 Å². The molecule has 1 aliphatic heterocycles. The lowest BCUT2D eigenvalue weighted by Crippen LogP contribution is -2.55. The van der Waals surface area contributed by atoms with Gasteiger partial charge in [0.15, 0.2) is 0 Å². The van der Waals surface area contributed by atoms with Crippen LogP contribution in [0.25, 0.3) is 0 Å². The first-order valence-electron chi connectivity index (χ1n) is 8.55. The first-order valence-corrected chi connectivity index (χ1v) is 8.93. The molecule has 1 fully saturated rings. The number of hydrogen-bond donors (Lipinski definition) is 3. The molecule has 1 saturated heterocycles. The number of amides is 1. The number of aromatic nitrogens is 1. The molecule has 3 atom stereocenters. The third-order valence-corrected chi connectivity index (χ3v) is 4.92. The Morgan fingerprint density at radius 3 is 2.81 bits per heavy atom. The maximum Gasteiger partial charge on any atom is 0.307 e. The molecule has 10 heteroatoms. The van der Waals surface area contributed by atoms with E-state index in [0.717, 1.165) is 0 Å². The number of nitrogens with two attached hydrogens (primary N) is 1. The van der Waals surface area contributed by atoms with Crippen LogP contribution in [0, 0.1) is 5.92 Å². The number of methoxy groups -OCH3 is 2. The van der Waals surface area contributed by atoms with Crippen molar-refractivity contribution in [1.82, 2.24) is 15.2 Å². The van der Waals surface area contributed by atoms with Crippen LogP contribution in [0.4, 0.5) is 5.82 Å². The molecule has 0 saturated carbocycles. The van der Waals surface area contributed by atoms with Gasteiger partial charge in [0.2, 0.25) is 5.88 Å². The lowest BCUT2D eigenvalue weighted by atomic mass is 9.99. The zero-order valence-electron chi connectivity index (χ0n) is 15.6. The summed E-state index contributed by atoms with van der Waals surface area (Å²) in [7, 11) is 2.96. The number of likely N-dealkylation sites (tertiary alicyclic amines) is 1. The molecule has 1 aromatic heterocycles. The Kier molecular flexibility index (Phi) is 7.23. The number of hydrogen-bond acceptors (Lipinski definition) is 7. The standard InChI is InChI=1S/C17H25ClN4O5/c1-9(17(24)25)7-22-5-4-12(13(8-22)26-2)20-15(23)10-6-11(18)14(19)21-16(10)27-3/h6,9,12-13H,4-5,7-8H2,1-3H3,(H2,19,21)(H,20,23)(H,24,25)/t9-,12-,13+/m0/s1. The van der Waals surface area contributed by atoms with Crippen LogP contribution in [0.5, 0.6) is 5.88 Å². The summed E-state index contributed by atoms with van der Waals surface area (Å²) in [5.74, 6) is -1.52. The molecule has 150 valence electrons. The second-order valence-corrected chi connectivity index (χ2v) is 6.96. The van der Waals surface area contributed by atoms with Crippen LogP contribution in [-0.4, -0.2) is 72.9 Å². The number of carbonyl (C=O) groups excluding carboxylic acids is 1. The van der Waals surface area contributed by atoms with Crippen molar-refractivity contribution in [2.24, 2.45) is 5.92 Å². The Bertz CT molecular complexity index is 702. The monoisotopic (exact) mass is 400 g/mol. The van der Waals surface area contributed by atoms with Crippen LogP contribution >= 0.6 is 11.6 Å². The number of ether oxygens (including phenoxy) is 2. The number of carboxylic acids is 1. The van der Waals surface area contributed by atoms with Gasteiger partial charge in [0, 0.05) is 26.7 Å². The molecule has 1 amide bonds. The molecule has 4 N–H and O–H groups in total. The fourth-order valence-corrected chi connectivity index (χ4v) is 3.22. The predicted octanol–water partition coefficient (Wildman–Crippen LogP) is 0.866. The van der Waals surface area contributed by atoms with E-state index in [0.29, 0.717) is 26.1 Å². The van der Waals surface area contributed by atoms with Gasteiger partial charge < -0.3 is 25.6 Å². The molecule has 0 aliphatic carbocycles. The van der Waals surface area contributed by atoms with Gasteiger partial charge in [-0.05, 0) is 12.5 Å². The van der Waals surface area contributed by atoms with Gasteiger partial charge >= 0.3 is 5.97 Å². The van der Waals surface area contributed by atoms with E-state index in [1.807, 2.05) is 4.90 Å². The van der Waals surface area contributed by atoms with Crippen molar-refractivity contribution in [2.75, 3.05) is 39.6 Å². The molecule has 1 aromatic rings. The first-order chi connectivity index (χ1) is 12.8. The van der Waals surface area contributed by atoms with Crippen LogP contribution in [-0.2, 0) is 9.53 Å². The van der Waals surface area contributed by atoms with Crippen molar-refractivity contribution in [3.63, 3.8) is 0 Å². The van der Waals surface area contributed by atoms with Crippen molar-refractivity contribution in [2.45, 2.75) is 25.5 Å². The molecular weight excluding hydrogens is 376 g/mol. The SMILES string of the molecule is COc1nc(N)c(Cl)cc1C(=O)N[C@H]1CCN(C[C@H](C)C(=O)O)C[C@H]1OC. The lowest BCUT2D eigenvalue weighted by Gasteiger charge is -2.38. The van der Waals surface area contributed by atoms with Crippen molar-refractivity contribution >= 4 is 29.3 Å².